The molecule has 5 heteroatoms. The van der Waals surface area contributed by atoms with Gasteiger partial charge in [-0.15, -0.1) is 0 Å². The number of rotatable bonds is 15. The molecule has 0 rings (SSSR count). The molecule has 0 radical (unpaired) electrons. The summed E-state index contributed by atoms with van der Waals surface area (Å²) in [6.45, 7) is 7.97. The molecule has 0 unspecified atom stereocenters. The molecular weight excluding hydrogens is 308 g/mol. The molecule has 0 aliphatic heterocycles. The van der Waals surface area contributed by atoms with Gasteiger partial charge in [0.2, 0.25) is 0 Å². The maximum atomic E-state index is 11.2. The second-order valence-corrected chi connectivity index (χ2v) is 7.33. The highest BCUT2D eigenvalue weighted by Gasteiger charge is 2.14. The summed E-state index contributed by atoms with van der Waals surface area (Å²) in [6, 6.07) is 0. The first kappa shape index (κ1) is 23.2. The van der Waals surface area contributed by atoms with Gasteiger partial charge in [-0.25, -0.2) is 9.68 Å². The van der Waals surface area contributed by atoms with E-state index >= 15 is 0 Å². The average Bonchev–Trinajstić information content (AvgIpc) is 2.50. The standard InChI is InChI=1S/C19H38O5/c1-5-6-7-8-9-10-11-12-13-14-15-16-17-21-18(20)22-24-23-19(2,3)4/h5-17H2,1-4H3. The highest BCUT2D eigenvalue weighted by atomic mass is 17.5. The molecule has 0 atom stereocenters. The fraction of sp³-hybridized carbons (Fsp3) is 0.947. The number of carbonyl (C=O) groups excluding carboxylic acids is 1. The van der Waals surface area contributed by atoms with E-state index in [2.05, 4.69) is 16.8 Å². The van der Waals surface area contributed by atoms with E-state index in [1.165, 1.54) is 64.2 Å². The van der Waals surface area contributed by atoms with E-state index in [0.717, 1.165) is 12.8 Å². The highest BCUT2D eigenvalue weighted by Crippen LogP contribution is 2.12. The summed E-state index contributed by atoms with van der Waals surface area (Å²) < 4.78 is 4.88. The van der Waals surface area contributed by atoms with Crippen molar-refractivity contribution >= 4 is 6.16 Å². The number of unbranched alkanes of at least 4 members (excludes halogenated alkanes) is 11. The van der Waals surface area contributed by atoms with E-state index in [1.807, 2.05) is 0 Å². The summed E-state index contributed by atoms with van der Waals surface area (Å²) in [7, 11) is 0. The van der Waals surface area contributed by atoms with Gasteiger partial charge < -0.3 is 4.74 Å². The van der Waals surface area contributed by atoms with Crippen LogP contribution in [0.4, 0.5) is 4.79 Å². The SMILES string of the molecule is CCCCCCCCCCCCCCOC(=O)OOOC(C)(C)C. The number of hydrogen-bond donors (Lipinski definition) is 0. The van der Waals surface area contributed by atoms with Gasteiger partial charge in [-0.1, -0.05) is 77.6 Å². The van der Waals surface area contributed by atoms with Crippen molar-refractivity contribution in [1.29, 1.82) is 0 Å². The Labute approximate surface area is 148 Å². The molecule has 0 spiro atoms. The van der Waals surface area contributed by atoms with Crippen LogP contribution < -0.4 is 0 Å². The lowest BCUT2D eigenvalue weighted by Crippen LogP contribution is -2.21. The maximum absolute atomic E-state index is 11.2. The second-order valence-electron chi connectivity index (χ2n) is 7.33. The van der Waals surface area contributed by atoms with Gasteiger partial charge in [0.05, 0.1) is 12.2 Å². The summed E-state index contributed by atoms with van der Waals surface area (Å²) in [6.07, 6.45) is 14.4. The van der Waals surface area contributed by atoms with E-state index in [1.54, 1.807) is 20.8 Å². The Morgan fingerprint density at radius 3 is 1.67 bits per heavy atom. The van der Waals surface area contributed by atoms with Gasteiger partial charge >= 0.3 is 6.16 Å². The predicted molar refractivity (Wildman–Crippen MR) is 95.4 cm³/mol. The molecule has 0 aromatic rings. The van der Waals surface area contributed by atoms with Crippen LogP contribution in [0, 0.1) is 0 Å². The summed E-state index contributed by atoms with van der Waals surface area (Å²) >= 11 is 0. The van der Waals surface area contributed by atoms with Crippen molar-refractivity contribution in [3.05, 3.63) is 0 Å². The minimum absolute atomic E-state index is 0.356. The van der Waals surface area contributed by atoms with E-state index in [-0.39, 0.29) is 0 Å². The summed E-state index contributed by atoms with van der Waals surface area (Å²) in [5, 5.41) is 4.35. The van der Waals surface area contributed by atoms with Crippen molar-refractivity contribution < 1.29 is 24.3 Å². The molecule has 0 heterocycles. The van der Waals surface area contributed by atoms with Crippen molar-refractivity contribution in [2.45, 2.75) is 110 Å². The van der Waals surface area contributed by atoms with Crippen LogP contribution in [0.5, 0.6) is 0 Å². The second kappa shape index (κ2) is 15.7. The number of hydrogen-bond acceptors (Lipinski definition) is 5. The minimum Gasteiger partial charge on any atom is -0.432 e. The van der Waals surface area contributed by atoms with Crippen molar-refractivity contribution in [2.24, 2.45) is 0 Å². The molecule has 0 aliphatic carbocycles. The Morgan fingerprint density at radius 2 is 1.21 bits per heavy atom. The van der Waals surface area contributed by atoms with Crippen LogP contribution in [0.25, 0.3) is 0 Å². The van der Waals surface area contributed by atoms with Crippen LogP contribution in [-0.2, 0) is 19.6 Å². The van der Waals surface area contributed by atoms with Gasteiger partial charge in [-0.2, -0.15) is 4.89 Å². The van der Waals surface area contributed by atoms with Crippen LogP contribution in [0.1, 0.15) is 105 Å². The molecule has 0 aliphatic rings. The smallest absolute Gasteiger partial charge is 0.432 e. The molecule has 144 valence electrons. The molecule has 0 fully saturated rings. The lowest BCUT2D eigenvalue weighted by molar-refractivity contribution is -0.514. The predicted octanol–water partition coefficient (Wildman–Crippen LogP) is 6.50. The first-order valence-electron chi connectivity index (χ1n) is 9.65. The fourth-order valence-electron chi connectivity index (χ4n) is 2.27. The molecule has 24 heavy (non-hydrogen) atoms. The lowest BCUT2D eigenvalue weighted by atomic mass is 10.1. The lowest BCUT2D eigenvalue weighted by Gasteiger charge is -2.15. The summed E-state index contributed by atoms with van der Waals surface area (Å²) in [5.74, 6) is 0. The fourth-order valence-corrected chi connectivity index (χ4v) is 2.27. The summed E-state index contributed by atoms with van der Waals surface area (Å²) in [5.41, 5.74) is -0.532. The first-order valence-corrected chi connectivity index (χ1v) is 9.65. The van der Waals surface area contributed by atoms with E-state index in [4.69, 9.17) is 9.62 Å². The molecule has 0 aromatic heterocycles. The molecule has 0 N–H and O–H groups in total. The maximum Gasteiger partial charge on any atom is 0.542 e. The Kier molecular flexibility index (Phi) is 15.2. The topological polar surface area (TPSA) is 54.0 Å². The Bertz CT molecular complexity index is 286. The van der Waals surface area contributed by atoms with Gasteiger partial charge in [0.15, 0.2) is 0 Å². The number of carbonyl (C=O) groups is 1. The summed E-state index contributed by atoms with van der Waals surface area (Å²) in [4.78, 5) is 20.3. The third kappa shape index (κ3) is 19.2. The Morgan fingerprint density at radius 1 is 0.750 bits per heavy atom. The highest BCUT2D eigenvalue weighted by molar-refractivity contribution is 5.58. The van der Waals surface area contributed by atoms with Crippen molar-refractivity contribution in [3.8, 4) is 0 Å². The molecule has 5 nitrogen and oxygen atoms in total. The third-order valence-corrected chi connectivity index (χ3v) is 3.60. The quantitative estimate of drug-likeness (QED) is 0.146. The largest absolute Gasteiger partial charge is 0.542 e. The molecular formula is C19H38O5. The Hall–Kier alpha value is -0.810. The molecule has 0 bridgehead atoms. The molecule has 0 saturated heterocycles. The monoisotopic (exact) mass is 346 g/mol. The van der Waals surface area contributed by atoms with Crippen molar-refractivity contribution in [1.82, 2.24) is 0 Å². The molecule has 0 aromatic carbocycles. The van der Waals surface area contributed by atoms with Crippen LogP contribution in [0.15, 0.2) is 0 Å². The third-order valence-electron chi connectivity index (χ3n) is 3.60. The van der Waals surface area contributed by atoms with Gasteiger partial charge in [0.25, 0.3) is 0 Å². The van der Waals surface area contributed by atoms with E-state index in [9.17, 15) is 4.79 Å². The Balaban J connectivity index is 3.18. The first-order chi connectivity index (χ1) is 11.5. The van der Waals surface area contributed by atoms with Crippen molar-refractivity contribution in [2.75, 3.05) is 6.61 Å². The minimum atomic E-state index is -0.859. The number of ether oxygens (including phenoxy) is 1. The average molecular weight is 347 g/mol. The zero-order valence-electron chi connectivity index (χ0n) is 16.2. The van der Waals surface area contributed by atoms with E-state index in [0.29, 0.717) is 6.61 Å². The molecule has 0 amide bonds. The van der Waals surface area contributed by atoms with Gasteiger partial charge in [-0.3, -0.25) is 0 Å². The van der Waals surface area contributed by atoms with Crippen LogP contribution in [0.2, 0.25) is 0 Å². The zero-order valence-corrected chi connectivity index (χ0v) is 16.2. The van der Waals surface area contributed by atoms with Crippen LogP contribution >= 0.6 is 0 Å². The normalized spacial score (nSPS) is 11.5. The zero-order chi connectivity index (χ0) is 18.1. The van der Waals surface area contributed by atoms with Gasteiger partial charge in [0, 0.05) is 0 Å². The van der Waals surface area contributed by atoms with Crippen molar-refractivity contribution in [3.63, 3.8) is 0 Å². The molecule has 0 saturated carbocycles. The van der Waals surface area contributed by atoms with Gasteiger partial charge in [0.1, 0.15) is 0 Å². The van der Waals surface area contributed by atoms with Gasteiger partial charge in [-0.05, 0) is 32.2 Å². The van der Waals surface area contributed by atoms with Crippen LogP contribution in [0.3, 0.4) is 0 Å². The van der Waals surface area contributed by atoms with E-state index < -0.39 is 11.8 Å². The van der Waals surface area contributed by atoms with Crippen LogP contribution in [-0.4, -0.2) is 18.4 Å².